The van der Waals surface area contributed by atoms with E-state index in [0.717, 1.165) is 10.6 Å². The van der Waals surface area contributed by atoms with E-state index in [-0.39, 0.29) is 25.7 Å². The molecule has 3 heterocycles. The molecule has 3 rings (SSSR count). The first-order valence-electron chi connectivity index (χ1n) is 10.3. The highest BCUT2D eigenvalue weighted by Gasteiger charge is 2.60. The van der Waals surface area contributed by atoms with Gasteiger partial charge in [-0.15, -0.1) is 6.42 Å². The van der Waals surface area contributed by atoms with Crippen LogP contribution in [0.25, 0.3) is 0 Å². The predicted octanol–water partition coefficient (Wildman–Crippen LogP) is 0.970. The highest BCUT2D eigenvalue weighted by Crippen LogP contribution is 2.60. The van der Waals surface area contributed by atoms with Gasteiger partial charge in [-0.1, -0.05) is 5.92 Å². The molecule has 12 nitrogen and oxygen atoms in total. The average molecular weight is 486 g/mol. The first kappa shape index (κ1) is 25.4. The number of methoxy groups -OCH3 is 1. The van der Waals surface area contributed by atoms with Gasteiger partial charge in [-0.25, -0.2) is 14.2 Å². The van der Waals surface area contributed by atoms with Crippen LogP contribution in [0.4, 0.5) is 0 Å². The lowest BCUT2D eigenvalue weighted by Gasteiger charge is -2.35. The Kier molecular flexibility index (Phi) is 7.63. The first-order chi connectivity index (χ1) is 15.5. The zero-order valence-electron chi connectivity index (χ0n) is 18.7. The number of aromatic amines is 1. The Morgan fingerprint density at radius 3 is 2.79 bits per heavy atom. The molecule has 0 bridgehead atoms. The largest absolute Gasteiger partial charge is 0.475 e. The summed E-state index contributed by atoms with van der Waals surface area (Å²) >= 11 is 0. The van der Waals surface area contributed by atoms with Crippen LogP contribution in [0.3, 0.4) is 0 Å². The number of fused-ring (bicyclic) bond motifs is 1. The van der Waals surface area contributed by atoms with Gasteiger partial charge in [0.05, 0.1) is 19.3 Å². The number of ether oxygens (including phenoxy) is 3. The highest BCUT2D eigenvalue weighted by atomic mass is 31.2. The minimum Gasteiger partial charge on any atom is -0.461 e. The molecule has 1 N–H and O–H groups in total. The summed E-state index contributed by atoms with van der Waals surface area (Å²) in [5, 5.41) is 0. The Balaban J connectivity index is 1.71. The maximum absolute atomic E-state index is 13.1. The smallest absolute Gasteiger partial charge is 0.461 e. The quantitative estimate of drug-likeness (QED) is 0.321. The fourth-order valence-electron chi connectivity index (χ4n) is 3.64. The van der Waals surface area contributed by atoms with Gasteiger partial charge in [0, 0.05) is 25.8 Å². The Morgan fingerprint density at radius 2 is 2.18 bits per heavy atom. The summed E-state index contributed by atoms with van der Waals surface area (Å²) in [6.45, 7) is 4.67. The SMILES string of the molecule is C#C[C@]1(C)[C@@H]2O[P@](=O)(OCC[C@@H](OC)C(=O)OC(C)C)OC[C@H]2O[C@H]1n1ccc(=O)[nH]c1=O. The molecular formula is C20H27N2O10P. The summed E-state index contributed by atoms with van der Waals surface area (Å²) in [7, 11) is -2.72. The lowest BCUT2D eigenvalue weighted by molar-refractivity contribution is -0.160. The van der Waals surface area contributed by atoms with Crippen molar-refractivity contribution in [1.82, 2.24) is 9.55 Å². The molecule has 0 saturated carbocycles. The fraction of sp³-hybridized carbons (Fsp3) is 0.650. The molecule has 2 aliphatic heterocycles. The van der Waals surface area contributed by atoms with Crippen molar-refractivity contribution in [2.45, 2.75) is 57.8 Å². The number of H-pyrrole nitrogens is 1. The topological polar surface area (TPSA) is 144 Å². The second-order valence-corrected chi connectivity index (χ2v) is 9.69. The minimum atomic E-state index is -4.07. The number of terminal acetylenes is 1. The molecule has 6 atom stereocenters. The van der Waals surface area contributed by atoms with Crippen LogP contribution >= 0.6 is 7.82 Å². The van der Waals surface area contributed by atoms with Crippen molar-refractivity contribution in [3.05, 3.63) is 33.1 Å². The predicted molar refractivity (Wildman–Crippen MR) is 113 cm³/mol. The molecular weight excluding hydrogens is 459 g/mol. The van der Waals surface area contributed by atoms with E-state index in [2.05, 4.69) is 10.9 Å². The Morgan fingerprint density at radius 1 is 1.45 bits per heavy atom. The van der Waals surface area contributed by atoms with Crippen LogP contribution in [0.1, 0.15) is 33.4 Å². The monoisotopic (exact) mass is 486 g/mol. The van der Waals surface area contributed by atoms with Gasteiger partial charge < -0.3 is 14.2 Å². The van der Waals surface area contributed by atoms with Crippen molar-refractivity contribution in [3.8, 4) is 12.3 Å². The molecule has 0 spiro atoms. The number of nitrogens with zero attached hydrogens (tertiary/aromatic N) is 1. The zero-order valence-corrected chi connectivity index (χ0v) is 19.6. The summed E-state index contributed by atoms with van der Waals surface area (Å²) in [5.41, 5.74) is -2.53. The molecule has 0 aliphatic carbocycles. The van der Waals surface area contributed by atoms with E-state index in [1.54, 1.807) is 20.8 Å². The normalized spacial score (nSPS) is 32.2. The maximum Gasteiger partial charge on any atom is 0.475 e. The summed E-state index contributed by atoms with van der Waals surface area (Å²) in [6, 6.07) is 1.16. The minimum absolute atomic E-state index is 0.0468. The van der Waals surface area contributed by atoms with E-state index in [0.29, 0.717) is 0 Å². The number of carbonyl (C=O) groups excluding carboxylic acids is 1. The molecule has 0 radical (unpaired) electrons. The first-order valence-corrected chi connectivity index (χ1v) is 11.7. The van der Waals surface area contributed by atoms with Crippen molar-refractivity contribution in [2.75, 3.05) is 20.3 Å². The van der Waals surface area contributed by atoms with Crippen LogP contribution in [0.5, 0.6) is 0 Å². The van der Waals surface area contributed by atoms with E-state index in [1.165, 1.54) is 13.3 Å². The van der Waals surface area contributed by atoms with Gasteiger partial charge in [-0.05, 0) is 20.8 Å². The number of esters is 1. The van der Waals surface area contributed by atoms with Crippen molar-refractivity contribution < 1.29 is 37.1 Å². The standard InChI is InChI=1S/C20H27N2O10P/c1-6-20(4)16-14(31-18(20)22-9-7-15(23)21-19(22)25)11-29-33(26,32-16)28-10-8-13(27-5)17(24)30-12(2)3/h1,7,9,12-14,16,18H,8,10-11H2,2-5H3,(H,21,23,25)/t13-,14-,16-,18-,20-,33-/m1/s1. The van der Waals surface area contributed by atoms with E-state index in [4.69, 9.17) is 34.2 Å². The maximum atomic E-state index is 13.1. The third-order valence-electron chi connectivity index (χ3n) is 5.33. The molecule has 1 aromatic rings. The highest BCUT2D eigenvalue weighted by molar-refractivity contribution is 7.48. The van der Waals surface area contributed by atoms with Gasteiger partial charge in [0.1, 0.15) is 17.6 Å². The van der Waals surface area contributed by atoms with Gasteiger partial charge in [-0.3, -0.25) is 27.9 Å². The summed E-state index contributed by atoms with van der Waals surface area (Å²) in [4.78, 5) is 37.8. The average Bonchev–Trinajstić information content (AvgIpc) is 3.03. The molecule has 33 heavy (non-hydrogen) atoms. The molecule has 13 heteroatoms. The second-order valence-electron chi connectivity index (χ2n) is 8.07. The Labute approximate surface area is 190 Å². The number of phosphoric acid groups is 1. The molecule has 182 valence electrons. The molecule has 2 fully saturated rings. The number of hydrogen-bond donors (Lipinski definition) is 1. The van der Waals surface area contributed by atoms with Crippen LogP contribution in [-0.2, 0) is 37.1 Å². The lowest BCUT2D eigenvalue weighted by atomic mass is 9.83. The van der Waals surface area contributed by atoms with Gasteiger partial charge in [-0.2, -0.15) is 0 Å². The van der Waals surface area contributed by atoms with Crippen molar-refractivity contribution in [3.63, 3.8) is 0 Å². The van der Waals surface area contributed by atoms with E-state index in [9.17, 15) is 18.9 Å². The fourth-order valence-corrected chi connectivity index (χ4v) is 5.13. The molecule has 0 aromatic carbocycles. The van der Waals surface area contributed by atoms with E-state index >= 15 is 0 Å². The van der Waals surface area contributed by atoms with E-state index in [1.807, 2.05) is 0 Å². The molecule has 2 aliphatic rings. The van der Waals surface area contributed by atoms with Crippen LogP contribution in [-0.4, -0.2) is 60.3 Å². The van der Waals surface area contributed by atoms with Crippen LogP contribution < -0.4 is 11.2 Å². The van der Waals surface area contributed by atoms with Gasteiger partial charge in [0.25, 0.3) is 5.56 Å². The van der Waals surface area contributed by atoms with Gasteiger partial charge in [0.15, 0.2) is 12.3 Å². The number of hydrogen-bond acceptors (Lipinski definition) is 10. The molecule has 0 unspecified atom stereocenters. The van der Waals surface area contributed by atoms with Crippen LogP contribution in [0.15, 0.2) is 21.9 Å². The third kappa shape index (κ3) is 5.30. The third-order valence-corrected chi connectivity index (χ3v) is 6.78. The lowest BCUT2D eigenvalue weighted by Crippen LogP contribution is -2.43. The van der Waals surface area contributed by atoms with E-state index < -0.39 is 55.0 Å². The molecule has 1 aromatic heterocycles. The number of phosphoric ester groups is 1. The van der Waals surface area contributed by atoms with Crippen molar-refractivity contribution >= 4 is 13.8 Å². The van der Waals surface area contributed by atoms with Crippen molar-refractivity contribution in [1.29, 1.82) is 0 Å². The molecule has 0 amide bonds. The summed E-state index contributed by atoms with van der Waals surface area (Å²) < 4.78 is 46.7. The number of carbonyl (C=O) groups is 1. The summed E-state index contributed by atoms with van der Waals surface area (Å²) in [6.07, 6.45) is 3.15. The van der Waals surface area contributed by atoms with Crippen molar-refractivity contribution in [2.24, 2.45) is 5.41 Å². The Hall–Kier alpha value is -2.26. The molecule has 2 saturated heterocycles. The zero-order chi connectivity index (χ0) is 24.4. The van der Waals surface area contributed by atoms with Crippen LogP contribution in [0, 0.1) is 17.8 Å². The number of nitrogens with one attached hydrogen (secondary N) is 1. The number of aromatic nitrogens is 2. The Bertz CT molecular complexity index is 1080. The number of rotatable bonds is 8. The van der Waals surface area contributed by atoms with Gasteiger partial charge >= 0.3 is 19.5 Å². The van der Waals surface area contributed by atoms with Crippen LogP contribution in [0.2, 0.25) is 0 Å². The summed E-state index contributed by atoms with van der Waals surface area (Å²) in [5.74, 6) is 2.00. The second kappa shape index (κ2) is 9.93. The van der Waals surface area contributed by atoms with Gasteiger partial charge in [0.2, 0.25) is 0 Å².